The molecule has 0 fully saturated rings. The Bertz CT molecular complexity index is 915. The van der Waals surface area contributed by atoms with Gasteiger partial charge in [-0.1, -0.05) is 30.0 Å². The second-order valence-electron chi connectivity index (χ2n) is 5.63. The fourth-order valence-corrected chi connectivity index (χ4v) is 3.53. The largest absolute Gasteiger partial charge is 0.459 e. The molecular weight excluding hydrogens is 324 g/mol. The number of pyridine rings is 1. The van der Waals surface area contributed by atoms with Crippen LogP contribution < -0.4 is 5.32 Å². The molecule has 1 aliphatic rings. The number of nitrogens with zero attached hydrogens (tertiary/aromatic N) is 1. The third-order valence-corrected chi connectivity index (χ3v) is 4.95. The number of carbonyl (C=O) groups is 2. The number of thioether (sulfide) groups is 1. The molecule has 0 bridgehead atoms. The first-order chi connectivity index (χ1) is 11.7. The maximum atomic E-state index is 12.3. The second-order valence-corrected chi connectivity index (χ2v) is 6.59. The number of Topliss-reactive ketones (excluding diaryl/α,β-unsaturated/α-hetero) is 1. The zero-order chi connectivity index (χ0) is 16.5. The van der Waals surface area contributed by atoms with Gasteiger partial charge in [-0.15, -0.1) is 0 Å². The van der Waals surface area contributed by atoms with Gasteiger partial charge in [0.1, 0.15) is 22.2 Å². The molecule has 1 N–H and O–H groups in total. The molecule has 0 atom stereocenters. The predicted molar refractivity (Wildman–Crippen MR) is 91.1 cm³/mol. The first kappa shape index (κ1) is 15.0. The molecule has 0 unspecified atom stereocenters. The molecule has 5 nitrogen and oxygen atoms in total. The molecule has 3 heterocycles. The van der Waals surface area contributed by atoms with Crippen molar-refractivity contribution in [3.8, 4) is 0 Å². The van der Waals surface area contributed by atoms with Crippen molar-refractivity contribution in [1.82, 2.24) is 10.3 Å². The van der Waals surface area contributed by atoms with Gasteiger partial charge < -0.3 is 9.73 Å². The van der Waals surface area contributed by atoms with Gasteiger partial charge in [0.05, 0.1) is 17.9 Å². The number of rotatable bonds is 3. The Kier molecular flexibility index (Phi) is 3.82. The van der Waals surface area contributed by atoms with Crippen molar-refractivity contribution in [1.29, 1.82) is 0 Å². The first-order valence-electron chi connectivity index (χ1n) is 7.58. The molecule has 24 heavy (non-hydrogen) atoms. The molecule has 1 aliphatic heterocycles. The highest BCUT2D eigenvalue weighted by atomic mass is 32.2. The lowest BCUT2D eigenvalue weighted by Crippen LogP contribution is -2.23. The standard InChI is InChI=1S/C18H14N2O3S/c21-14-6-12-5-13(8-20-18(12)24-10-14)17(22)19-9-15-7-11-3-1-2-4-16(11)23-15/h1-5,7-8H,6,9-10H2,(H,19,22). The molecule has 0 aliphatic carbocycles. The first-order valence-corrected chi connectivity index (χ1v) is 8.57. The number of amides is 1. The van der Waals surface area contributed by atoms with Crippen LogP contribution in [0.2, 0.25) is 0 Å². The Morgan fingerprint density at radius 3 is 3.04 bits per heavy atom. The van der Waals surface area contributed by atoms with Gasteiger partial charge in [0.25, 0.3) is 5.91 Å². The summed E-state index contributed by atoms with van der Waals surface area (Å²) in [6, 6.07) is 11.4. The monoisotopic (exact) mass is 338 g/mol. The van der Waals surface area contributed by atoms with Crippen molar-refractivity contribution in [3.05, 3.63) is 59.5 Å². The van der Waals surface area contributed by atoms with Crippen LogP contribution in [-0.4, -0.2) is 22.4 Å². The molecule has 3 aromatic rings. The van der Waals surface area contributed by atoms with Crippen LogP contribution >= 0.6 is 11.8 Å². The molecule has 0 radical (unpaired) electrons. The number of para-hydroxylation sites is 1. The van der Waals surface area contributed by atoms with E-state index in [4.69, 9.17) is 4.42 Å². The van der Waals surface area contributed by atoms with Crippen LogP contribution in [0.5, 0.6) is 0 Å². The van der Waals surface area contributed by atoms with Crippen molar-refractivity contribution >= 4 is 34.4 Å². The van der Waals surface area contributed by atoms with Gasteiger partial charge in [0, 0.05) is 18.0 Å². The van der Waals surface area contributed by atoms with E-state index in [-0.39, 0.29) is 11.7 Å². The van der Waals surface area contributed by atoms with Gasteiger partial charge in [-0.2, -0.15) is 0 Å². The highest BCUT2D eigenvalue weighted by Crippen LogP contribution is 2.26. The molecule has 120 valence electrons. The molecular formula is C18H14N2O3S. The van der Waals surface area contributed by atoms with E-state index >= 15 is 0 Å². The van der Waals surface area contributed by atoms with Gasteiger partial charge in [-0.05, 0) is 23.8 Å². The van der Waals surface area contributed by atoms with E-state index in [1.54, 1.807) is 12.3 Å². The highest BCUT2D eigenvalue weighted by Gasteiger charge is 2.19. The van der Waals surface area contributed by atoms with Crippen LogP contribution in [0.3, 0.4) is 0 Å². The predicted octanol–water partition coefficient (Wildman–Crippen LogP) is 2.98. The van der Waals surface area contributed by atoms with E-state index in [2.05, 4.69) is 10.3 Å². The minimum absolute atomic E-state index is 0.161. The molecule has 0 saturated carbocycles. The number of hydrogen-bond donors (Lipinski definition) is 1. The zero-order valence-electron chi connectivity index (χ0n) is 12.7. The van der Waals surface area contributed by atoms with E-state index in [1.165, 1.54) is 11.8 Å². The number of furan rings is 1. The van der Waals surface area contributed by atoms with Crippen LogP contribution in [0.25, 0.3) is 11.0 Å². The van der Waals surface area contributed by atoms with Crippen molar-refractivity contribution in [3.63, 3.8) is 0 Å². The van der Waals surface area contributed by atoms with Crippen LogP contribution in [0, 0.1) is 0 Å². The number of hydrogen-bond acceptors (Lipinski definition) is 5. The Hall–Kier alpha value is -2.60. The number of benzene rings is 1. The molecule has 1 amide bonds. The van der Waals surface area contributed by atoms with Gasteiger partial charge >= 0.3 is 0 Å². The SMILES string of the molecule is O=C1CSc2ncc(C(=O)NCc3cc4ccccc4o3)cc2C1. The van der Waals surface area contributed by atoms with E-state index in [1.807, 2.05) is 30.3 Å². The minimum atomic E-state index is -0.228. The summed E-state index contributed by atoms with van der Waals surface area (Å²) in [7, 11) is 0. The Labute approximate surface area is 142 Å². The molecule has 1 aromatic carbocycles. The average molecular weight is 338 g/mol. The summed E-state index contributed by atoms with van der Waals surface area (Å²) in [6.07, 6.45) is 1.90. The maximum Gasteiger partial charge on any atom is 0.253 e. The highest BCUT2D eigenvalue weighted by molar-refractivity contribution is 8.00. The Morgan fingerprint density at radius 1 is 1.29 bits per heavy atom. The second kappa shape index (κ2) is 6.13. The van der Waals surface area contributed by atoms with Gasteiger partial charge in [-0.25, -0.2) is 4.98 Å². The maximum absolute atomic E-state index is 12.3. The summed E-state index contributed by atoms with van der Waals surface area (Å²) in [5, 5.41) is 4.67. The summed E-state index contributed by atoms with van der Waals surface area (Å²) in [6.45, 7) is 0.304. The fourth-order valence-electron chi connectivity index (χ4n) is 2.68. The minimum Gasteiger partial charge on any atom is -0.459 e. The lowest BCUT2D eigenvalue weighted by molar-refractivity contribution is -0.116. The zero-order valence-corrected chi connectivity index (χ0v) is 13.6. The van der Waals surface area contributed by atoms with Gasteiger partial charge in [-0.3, -0.25) is 9.59 Å². The number of aromatic nitrogens is 1. The summed E-state index contributed by atoms with van der Waals surface area (Å²) in [5.41, 5.74) is 2.08. The number of carbonyl (C=O) groups excluding carboxylic acids is 2. The number of ketones is 1. The topological polar surface area (TPSA) is 72.2 Å². The quantitative estimate of drug-likeness (QED) is 0.795. The molecule has 4 rings (SSSR count). The van der Waals surface area contributed by atoms with Crippen LogP contribution in [-0.2, 0) is 17.8 Å². The van der Waals surface area contributed by atoms with E-state index in [0.29, 0.717) is 30.0 Å². The van der Waals surface area contributed by atoms with Crippen molar-refractivity contribution in [2.24, 2.45) is 0 Å². The van der Waals surface area contributed by atoms with Crippen LogP contribution in [0.4, 0.5) is 0 Å². The normalized spacial score (nSPS) is 13.8. The lowest BCUT2D eigenvalue weighted by atomic mass is 10.1. The molecule has 2 aromatic heterocycles. The van der Waals surface area contributed by atoms with E-state index in [0.717, 1.165) is 21.6 Å². The summed E-state index contributed by atoms with van der Waals surface area (Å²) < 4.78 is 5.68. The van der Waals surface area contributed by atoms with E-state index in [9.17, 15) is 9.59 Å². The summed E-state index contributed by atoms with van der Waals surface area (Å²) >= 11 is 1.42. The Balaban J connectivity index is 1.48. The Morgan fingerprint density at radius 2 is 2.17 bits per heavy atom. The average Bonchev–Trinajstić information content (AvgIpc) is 3.02. The van der Waals surface area contributed by atoms with Crippen molar-refractivity contribution < 1.29 is 14.0 Å². The number of nitrogens with one attached hydrogen (secondary N) is 1. The van der Waals surface area contributed by atoms with Crippen LogP contribution in [0.15, 0.2) is 52.0 Å². The lowest BCUT2D eigenvalue weighted by Gasteiger charge is -2.14. The van der Waals surface area contributed by atoms with Crippen molar-refractivity contribution in [2.45, 2.75) is 18.0 Å². The molecule has 6 heteroatoms. The van der Waals surface area contributed by atoms with Gasteiger partial charge in [0.2, 0.25) is 0 Å². The third-order valence-electron chi connectivity index (χ3n) is 3.84. The fraction of sp³-hybridized carbons (Fsp3) is 0.167. The third kappa shape index (κ3) is 2.92. The van der Waals surface area contributed by atoms with Crippen molar-refractivity contribution in [2.75, 3.05) is 5.75 Å². The van der Waals surface area contributed by atoms with E-state index < -0.39 is 0 Å². The smallest absolute Gasteiger partial charge is 0.253 e. The molecule has 0 saturated heterocycles. The summed E-state index contributed by atoms with van der Waals surface area (Å²) in [4.78, 5) is 28.1. The molecule has 0 spiro atoms. The number of fused-ring (bicyclic) bond motifs is 2. The van der Waals surface area contributed by atoms with Crippen LogP contribution in [0.1, 0.15) is 21.7 Å². The van der Waals surface area contributed by atoms with Gasteiger partial charge in [0.15, 0.2) is 0 Å². The summed E-state index contributed by atoms with van der Waals surface area (Å²) in [5.74, 6) is 1.08.